The summed E-state index contributed by atoms with van der Waals surface area (Å²) < 4.78 is 24.5. The monoisotopic (exact) mass is 308 g/mol. The molecule has 116 valence electrons. The van der Waals surface area contributed by atoms with E-state index in [2.05, 4.69) is 30.4 Å². The lowest BCUT2D eigenvalue weighted by molar-refractivity contribution is 0.295. The van der Waals surface area contributed by atoms with Crippen molar-refractivity contribution in [1.82, 2.24) is 9.62 Å². The smallest absolute Gasteiger partial charge is 0.211 e. The highest BCUT2D eigenvalue weighted by molar-refractivity contribution is 7.88. The van der Waals surface area contributed by atoms with Gasteiger partial charge in [0.25, 0.3) is 0 Å². The number of sulfonamides is 1. The molecule has 5 heteroatoms. The second kappa shape index (κ2) is 7.20. The average Bonchev–Trinajstić information content (AvgIpc) is 2.46. The van der Waals surface area contributed by atoms with E-state index in [9.17, 15) is 8.42 Å². The van der Waals surface area contributed by atoms with Crippen LogP contribution in [0.4, 0.5) is 0 Å². The van der Waals surface area contributed by atoms with Crippen LogP contribution >= 0.6 is 0 Å². The first-order valence-electron chi connectivity index (χ1n) is 7.36. The van der Waals surface area contributed by atoms with Gasteiger partial charge in [-0.25, -0.2) is 12.7 Å². The van der Waals surface area contributed by atoms with Gasteiger partial charge in [-0.2, -0.15) is 0 Å². The standard InChI is InChI=1S/C16H24N2O2S/c1-14(12-15-6-4-3-5-7-15)13-17-16-8-10-18(11-9-16)21(2,19)20/h3-7,12,16-17H,8-11,13H2,1-2H3. The van der Waals surface area contributed by atoms with Crippen LogP contribution in [-0.2, 0) is 10.0 Å². The molecule has 1 aliphatic rings. The zero-order chi connectivity index (χ0) is 15.3. The maximum atomic E-state index is 11.5. The van der Waals surface area contributed by atoms with Crippen molar-refractivity contribution in [2.75, 3.05) is 25.9 Å². The van der Waals surface area contributed by atoms with Gasteiger partial charge in [-0.1, -0.05) is 42.0 Å². The third-order valence-electron chi connectivity index (χ3n) is 3.81. The minimum absolute atomic E-state index is 0.405. The first-order valence-corrected chi connectivity index (χ1v) is 9.21. The topological polar surface area (TPSA) is 49.4 Å². The van der Waals surface area contributed by atoms with Gasteiger partial charge in [0, 0.05) is 25.7 Å². The fourth-order valence-electron chi connectivity index (χ4n) is 2.58. The van der Waals surface area contributed by atoms with E-state index in [1.807, 2.05) is 18.2 Å². The highest BCUT2D eigenvalue weighted by Crippen LogP contribution is 2.13. The van der Waals surface area contributed by atoms with Crippen molar-refractivity contribution < 1.29 is 8.42 Å². The van der Waals surface area contributed by atoms with Crippen LogP contribution in [-0.4, -0.2) is 44.7 Å². The van der Waals surface area contributed by atoms with E-state index >= 15 is 0 Å². The van der Waals surface area contributed by atoms with E-state index in [-0.39, 0.29) is 0 Å². The van der Waals surface area contributed by atoms with E-state index in [4.69, 9.17) is 0 Å². The van der Waals surface area contributed by atoms with Crippen molar-refractivity contribution in [2.45, 2.75) is 25.8 Å². The third-order valence-corrected chi connectivity index (χ3v) is 5.11. The molecule has 1 aromatic rings. The summed E-state index contributed by atoms with van der Waals surface area (Å²) in [6.45, 7) is 4.21. The molecule has 1 aliphatic heterocycles. The summed E-state index contributed by atoms with van der Waals surface area (Å²) in [5, 5.41) is 3.52. The fraction of sp³-hybridized carbons (Fsp3) is 0.500. The molecule has 1 aromatic carbocycles. The normalized spacial score (nSPS) is 18.9. The molecule has 0 atom stereocenters. The van der Waals surface area contributed by atoms with Crippen LogP contribution in [0.1, 0.15) is 25.3 Å². The Hall–Kier alpha value is -1.17. The molecular weight excluding hydrogens is 284 g/mol. The summed E-state index contributed by atoms with van der Waals surface area (Å²) >= 11 is 0. The molecule has 0 bridgehead atoms. The molecule has 0 radical (unpaired) electrons. The molecule has 4 nitrogen and oxygen atoms in total. The Bertz CT molecular complexity index is 574. The maximum absolute atomic E-state index is 11.5. The second-order valence-electron chi connectivity index (χ2n) is 5.72. The summed E-state index contributed by atoms with van der Waals surface area (Å²) in [5.74, 6) is 0. The van der Waals surface area contributed by atoms with Crippen molar-refractivity contribution in [1.29, 1.82) is 0 Å². The SMILES string of the molecule is CC(=Cc1ccccc1)CNC1CCN(S(C)(=O)=O)CC1. The van der Waals surface area contributed by atoms with Crippen LogP contribution in [0.5, 0.6) is 0 Å². The van der Waals surface area contributed by atoms with Crippen molar-refractivity contribution in [3.8, 4) is 0 Å². The van der Waals surface area contributed by atoms with E-state index in [1.54, 1.807) is 4.31 Å². The van der Waals surface area contributed by atoms with Crippen molar-refractivity contribution in [2.24, 2.45) is 0 Å². The second-order valence-corrected chi connectivity index (χ2v) is 7.70. The zero-order valence-electron chi connectivity index (χ0n) is 12.7. The molecule has 0 amide bonds. The first kappa shape index (κ1) is 16.2. The summed E-state index contributed by atoms with van der Waals surface area (Å²) in [6.07, 6.45) is 5.23. The molecule has 1 fully saturated rings. The van der Waals surface area contributed by atoms with Crippen molar-refractivity contribution >= 4 is 16.1 Å². The van der Waals surface area contributed by atoms with Gasteiger partial charge < -0.3 is 5.32 Å². The molecule has 1 heterocycles. The molecule has 21 heavy (non-hydrogen) atoms. The van der Waals surface area contributed by atoms with Gasteiger partial charge in [0.1, 0.15) is 0 Å². The predicted octanol–water partition coefficient (Wildman–Crippen LogP) is 2.10. The molecule has 2 rings (SSSR count). The Morgan fingerprint density at radius 2 is 1.90 bits per heavy atom. The van der Waals surface area contributed by atoms with Gasteiger partial charge >= 0.3 is 0 Å². The summed E-state index contributed by atoms with van der Waals surface area (Å²) in [7, 11) is -3.03. The number of nitrogens with one attached hydrogen (secondary N) is 1. The van der Waals surface area contributed by atoms with Gasteiger partial charge in [0.15, 0.2) is 0 Å². The third kappa shape index (κ3) is 5.26. The molecular formula is C16H24N2O2S. The van der Waals surface area contributed by atoms with Gasteiger partial charge in [-0.05, 0) is 25.3 Å². The molecule has 0 spiro atoms. The lowest BCUT2D eigenvalue weighted by Crippen LogP contribution is -2.44. The highest BCUT2D eigenvalue weighted by Gasteiger charge is 2.24. The molecule has 1 N–H and O–H groups in total. The molecule has 0 aliphatic carbocycles. The van der Waals surface area contributed by atoms with Crippen molar-refractivity contribution in [3.05, 3.63) is 41.5 Å². The molecule has 0 unspecified atom stereocenters. The Morgan fingerprint density at radius 3 is 2.48 bits per heavy atom. The number of hydrogen-bond donors (Lipinski definition) is 1. The first-order chi connectivity index (χ1) is 9.95. The van der Waals surface area contributed by atoms with Gasteiger partial charge in [0.2, 0.25) is 10.0 Å². The quantitative estimate of drug-likeness (QED) is 0.906. The number of nitrogens with zero attached hydrogens (tertiary/aromatic N) is 1. The van der Waals surface area contributed by atoms with E-state index in [0.29, 0.717) is 19.1 Å². The Kier molecular flexibility index (Phi) is 5.56. The van der Waals surface area contributed by atoms with Gasteiger partial charge in [-0.3, -0.25) is 0 Å². The molecule has 0 saturated carbocycles. The van der Waals surface area contributed by atoms with Gasteiger partial charge in [-0.15, -0.1) is 0 Å². The van der Waals surface area contributed by atoms with Crippen LogP contribution in [0.25, 0.3) is 6.08 Å². The Labute approximate surface area is 127 Å². The predicted molar refractivity (Wildman–Crippen MR) is 87.5 cm³/mol. The van der Waals surface area contributed by atoms with Crippen LogP contribution in [0.15, 0.2) is 35.9 Å². The Balaban J connectivity index is 1.78. The van der Waals surface area contributed by atoms with Crippen LogP contribution < -0.4 is 5.32 Å². The fourth-order valence-corrected chi connectivity index (χ4v) is 3.46. The van der Waals surface area contributed by atoms with E-state index in [1.165, 1.54) is 17.4 Å². The minimum Gasteiger partial charge on any atom is -0.310 e. The highest BCUT2D eigenvalue weighted by atomic mass is 32.2. The number of piperidine rings is 1. The minimum atomic E-state index is -3.03. The van der Waals surface area contributed by atoms with Crippen molar-refractivity contribution in [3.63, 3.8) is 0 Å². The molecule has 1 saturated heterocycles. The summed E-state index contributed by atoms with van der Waals surface area (Å²) in [5.41, 5.74) is 2.50. The maximum Gasteiger partial charge on any atom is 0.211 e. The van der Waals surface area contributed by atoms with Gasteiger partial charge in [0.05, 0.1) is 6.26 Å². The van der Waals surface area contributed by atoms with E-state index < -0.39 is 10.0 Å². The largest absolute Gasteiger partial charge is 0.310 e. The number of benzene rings is 1. The lowest BCUT2D eigenvalue weighted by Gasteiger charge is -2.30. The van der Waals surface area contributed by atoms with E-state index in [0.717, 1.165) is 19.4 Å². The number of rotatable bonds is 5. The Morgan fingerprint density at radius 1 is 1.29 bits per heavy atom. The lowest BCUT2D eigenvalue weighted by atomic mass is 10.1. The summed E-state index contributed by atoms with van der Waals surface area (Å²) in [4.78, 5) is 0. The molecule has 0 aromatic heterocycles. The van der Waals surface area contributed by atoms with Crippen LogP contribution in [0.2, 0.25) is 0 Å². The number of hydrogen-bond acceptors (Lipinski definition) is 3. The average molecular weight is 308 g/mol. The zero-order valence-corrected chi connectivity index (χ0v) is 13.6. The summed E-state index contributed by atoms with van der Waals surface area (Å²) in [6, 6.07) is 10.7. The van der Waals surface area contributed by atoms with Crippen LogP contribution in [0.3, 0.4) is 0 Å². The van der Waals surface area contributed by atoms with Crippen LogP contribution in [0, 0.1) is 0 Å².